The lowest BCUT2D eigenvalue weighted by molar-refractivity contribution is 0.188. The van der Waals surface area contributed by atoms with Crippen LogP contribution in [0.25, 0.3) is 10.9 Å². The summed E-state index contributed by atoms with van der Waals surface area (Å²) in [6.45, 7) is 3.43. The molecule has 0 unspecified atom stereocenters. The molecule has 0 aliphatic carbocycles. The van der Waals surface area contributed by atoms with E-state index >= 15 is 0 Å². The van der Waals surface area contributed by atoms with Gasteiger partial charge in [0.2, 0.25) is 0 Å². The summed E-state index contributed by atoms with van der Waals surface area (Å²) in [5.41, 5.74) is 2.71. The zero-order valence-corrected chi connectivity index (χ0v) is 15.2. The van der Waals surface area contributed by atoms with Crippen LogP contribution in [-0.2, 0) is 27.7 Å². The number of hydrogen-bond donors (Lipinski definition) is 1. The second kappa shape index (κ2) is 7.29. The normalized spacial score (nSPS) is 11.8. The number of aromatic nitrogens is 1. The van der Waals surface area contributed by atoms with E-state index < -0.39 is 10.0 Å². The Hall–Kier alpha value is -2.31. The second-order valence-electron chi connectivity index (χ2n) is 5.88. The van der Waals surface area contributed by atoms with Gasteiger partial charge < -0.3 is 9.30 Å². The Bertz CT molecular complexity index is 960. The first-order valence-corrected chi connectivity index (χ1v) is 9.71. The molecular formula is C19H22N2O3S. The number of ether oxygens (including phenoxy) is 1. The zero-order valence-electron chi connectivity index (χ0n) is 14.4. The van der Waals surface area contributed by atoms with Crippen molar-refractivity contribution < 1.29 is 13.2 Å². The van der Waals surface area contributed by atoms with Crippen LogP contribution >= 0.6 is 0 Å². The highest BCUT2D eigenvalue weighted by Crippen LogP contribution is 2.23. The van der Waals surface area contributed by atoms with E-state index in [9.17, 15) is 8.42 Å². The van der Waals surface area contributed by atoms with Crippen molar-refractivity contribution in [1.29, 1.82) is 0 Å². The van der Waals surface area contributed by atoms with E-state index in [2.05, 4.69) is 9.29 Å². The fourth-order valence-corrected chi connectivity index (χ4v) is 3.82. The summed E-state index contributed by atoms with van der Waals surface area (Å²) in [5, 5.41) is 0.984. The van der Waals surface area contributed by atoms with Crippen LogP contribution in [0.5, 0.6) is 0 Å². The first kappa shape index (κ1) is 17.5. The van der Waals surface area contributed by atoms with Crippen LogP contribution in [-0.4, -0.2) is 26.7 Å². The molecule has 2 aromatic carbocycles. The van der Waals surface area contributed by atoms with Gasteiger partial charge in [-0.2, -0.15) is 0 Å². The molecule has 0 saturated carbocycles. The predicted octanol–water partition coefficient (Wildman–Crippen LogP) is 3.65. The number of hydrogen-bond acceptors (Lipinski definition) is 3. The average molecular weight is 358 g/mol. The van der Waals surface area contributed by atoms with Crippen LogP contribution in [0.4, 0.5) is 5.69 Å². The highest BCUT2D eigenvalue weighted by molar-refractivity contribution is 7.92. The Morgan fingerprint density at radius 1 is 1.08 bits per heavy atom. The van der Waals surface area contributed by atoms with Gasteiger partial charge in [-0.05, 0) is 48.4 Å². The number of aryl methyl sites for hydroxylation is 1. The van der Waals surface area contributed by atoms with Gasteiger partial charge in [-0.25, -0.2) is 8.42 Å². The molecule has 25 heavy (non-hydrogen) atoms. The number of anilines is 1. The molecule has 0 spiro atoms. The van der Waals surface area contributed by atoms with E-state index in [-0.39, 0.29) is 4.90 Å². The molecule has 3 aromatic rings. The summed E-state index contributed by atoms with van der Waals surface area (Å²) < 4.78 is 34.9. The fraction of sp³-hybridized carbons (Fsp3) is 0.263. The van der Waals surface area contributed by atoms with E-state index in [1.807, 2.05) is 43.5 Å². The van der Waals surface area contributed by atoms with E-state index in [0.29, 0.717) is 12.3 Å². The molecule has 1 heterocycles. The van der Waals surface area contributed by atoms with Gasteiger partial charge in [0.15, 0.2) is 0 Å². The van der Waals surface area contributed by atoms with E-state index in [1.165, 1.54) is 0 Å². The van der Waals surface area contributed by atoms with Gasteiger partial charge in [-0.15, -0.1) is 0 Å². The molecule has 0 fully saturated rings. The third-order valence-corrected chi connectivity index (χ3v) is 5.60. The van der Waals surface area contributed by atoms with Crippen molar-refractivity contribution >= 4 is 26.6 Å². The summed E-state index contributed by atoms with van der Waals surface area (Å²) >= 11 is 0. The van der Waals surface area contributed by atoms with Gasteiger partial charge in [0, 0.05) is 36.4 Å². The molecule has 0 amide bonds. The van der Waals surface area contributed by atoms with Crippen molar-refractivity contribution in [2.75, 3.05) is 18.4 Å². The summed E-state index contributed by atoms with van der Waals surface area (Å²) in [5.74, 6) is 0. The number of sulfonamides is 1. The Morgan fingerprint density at radius 2 is 1.84 bits per heavy atom. The highest BCUT2D eigenvalue weighted by atomic mass is 32.2. The third kappa shape index (κ3) is 3.86. The summed E-state index contributed by atoms with van der Waals surface area (Å²) in [7, 11) is -1.92. The van der Waals surface area contributed by atoms with Gasteiger partial charge >= 0.3 is 0 Å². The summed E-state index contributed by atoms with van der Waals surface area (Å²) in [6, 6.07) is 14.5. The predicted molar refractivity (Wildman–Crippen MR) is 100 cm³/mol. The van der Waals surface area contributed by atoms with Crippen molar-refractivity contribution in [2.24, 2.45) is 0 Å². The number of fused-ring (bicyclic) bond motifs is 1. The van der Waals surface area contributed by atoms with Gasteiger partial charge in [0.1, 0.15) is 0 Å². The topological polar surface area (TPSA) is 60.3 Å². The molecule has 1 N–H and O–H groups in total. The number of nitrogens with zero attached hydrogens (tertiary/aromatic N) is 1. The maximum Gasteiger partial charge on any atom is 0.261 e. The van der Waals surface area contributed by atoms with Crippen molar-refractivity contribution in [3.05, 3.63) is 60.3 Å². The molecule has 5 nitrogen and oxygen atoms in total. The number of rotatable bonds is 7. The first-order valence-electron chi connectivity index (χ1n) is 8.23. The number of benzene rings is 2. The average Bonchev–Trinajstić information content (AvgIpc) is 3.02. The fourth-order valence-electron chi connectivity index (χ4n) is 2.77. The van der Waals surface area contributed by atoms with Crippen LogP contribution in [0.15, 0.2) is 59.6 Å². The first-order chi connectivity index (χ1) is 12.0. The largest absolute Gasteiger partial charge is 0.383 e. The van der Waals surface area contributed by atoms with Gasteiger partial charge in [0.05, 0.1) is 11.5 Å². The summed E-state index contributed by atoms with van der Waals surface area (Å²) in [6.07, 6.45) is 2.86. The number of methoxy groups -OCH3 is 1. The van der Waals surface area contributed by atoms with Crippen LogP contribution in [0, 0.1) is 0 Å². The van der Waals surface area contributed by atoms with Gasteiger partial charge in [0.25, 0.3) is 10.0 Å². The quantitative estimate of drug-likeness (QED) is 0.701. The lowest BCUT2D eigenvalue weighted by Crippen LogP contribution is -2.12. The SMILES string of the molecule is CCc1ccc(S(=O)(=O)Nc2ccc3c(ccn3CCOC)c2)cc1. The monoisotopic (exact) mass is 358 g/mol. The summed E-state index contributed by atoms with van der Waals surface area (Å²) in [4.78, 5) is 0.266. The molecule has 0 bridgehead atoms. The van der Waals surface area contributed by atoms with E-state index in [1.54, 1.807) is 25.3 Å². The Kier molecular flexibility index (Phi) is 5.11. The number of nitrogens with one attached hydrogen (secondary N) is 1. The molecular weight excluding hydrogens is 336 g/mol. The maximum atomic E-state index is 12.6. The van der Waals surface area contributed by atoms with Crippen LogP contribution in [0.1, 0.15) is 12.5 Å². The highest BCUT2D eigenvalue weighted by Gasteiger charge is 2.14. The molecule has 0 atom stereocenters. The molecule has 132 valence electrons. The standard InChI is InChI=1S/C19H22N2O3S/c1-3-15-4-7-18(8-5-15)25(22,23)20-17-6-9-19-16(14-17)10-11-21(19)12-13-24-2/h4-11,14,20H,3,12-13H2,1-2H3. The maximum absolute atomic E-state index is 12.6. The molecule has 6 heteroatoms. The smallest absolute Gasteiger partial charge is 0.261 e. The zero-order chi connectivity index (χ0) is 17.9. The van der Waals surface area contributed by atoms with Gasteiger partial charge in [-0.1, -0.05) is 19.1 Å². The van der Waals surface area contributed by atoms with E-state index in [0.717, 1.165) is 29.4 Å². The van der Waals surface area contributed by atoms with Gasteiger partial charge in [-0.3, -0.25) is 4.72 Å². The van der Waals surface area contributed by atoms with Crippen molar-refractivity contribution in [2.45, 2.75) is 24.8 Å². The Labute approximate surface area is 148 Å². The van der Waals surface area contributed by atoms with Crippen molar-refractivity contribution in [1.82, 2.24) is 4.57 Å². The lowest BCUT2D eigenvalue weighted by Gasteiger charge is -2.10. The molecule has 0 aliphatic rings. The Morgan fingerprint density at radius 3 is 2.52 bits per heavy atom. The minimum atomic E-state index is -3.59. The minimum Gasteiger partial charge on any atom is -0.383 e. The Balaban J connectivity index is 1.83. The third-order valence-electron chi connectivity index (χ3n) is 4.20. The molecule has 3 rings (SSSR count). The van der Waals surface area contributed by atoms with Crippen molar-refractivity contribution in [3.8, 4) is 0 Å². The van der Waals surface area contributed by atoms with Crippen LogP contribution < -0.4 is 4.72 Å². The van der Waals surface area contributed by atoms with Crippen LogP contribution in [0.3, 0.4) is 0 Å². The second-order valence-corrected chi connectivity index (χ2v) is 7.56. The lowest BCUT2D eigenvalue weighted by atomic mass is 10.2. The molecule has 0 radical (unpaired) electrons. The van der Waals surface area contributed by atoms with E-state index in [4.69, 9.17) is 4.74 Å². The van der Waals surface area contributed by atoms with Crippen molar-refractivity contribution in [3.63, 3.8) is 0 Å². The molecule has 0 aliphatic heterocycles. The molecule has 1 aromatic heterocycles. The minimum absolute atomic E-state index is 0.266. The molecule has 0 saturated heterocycles. The van der Waals surface area contributed by atoms with Crippen LogP contribution in [0.2, 0.25) is 0 Å².